The van der Waals surface area contributed by atoms with Gasteiger partial charge in [0.25, 0.3) is 0 Å². The number of carbonyl (C=O) groups excluding carboxylic acids is 2. The highest BCUT2D eigenvalue weighted by Gasteiger charge is 2.25. The number of nitrogens with zero attached hydrogens (tertiary/aromatic N) is 1. The van der Waals surface area contributed by atoms with Crippen LogP contribution in [-0.2, 0) is 22.4 Å². The van der Waals surface area contributed by atoms with Crippen molar-refractivity contribution in [2.24, 2.45) is 22.4 Å². The molecule has 0 bridgehead atoms. The third kappa shape index (κ3) is 9.09. The topological polar surface area (TPSA) is 143 Å². The number of nitrogens with two attached hydrogens (primary N) is 2. The van der Waals surface area contributed by atoms with Crippen molar-refractivity contribution < 1.29 is 14.7 Å². The molecule has 8 heteroatoms. The first kappa shape index (κ1) is 28.4. The van der Waals surface area contributed by atoms with Gasteiger partial charge in [-0.15, -0.1) is 0 Å². The molecule has 0 saturated carbocycles. The first-order valence-corrected chi connectivity index (χ1v) is 12.1. The summed E-state index contributed by atoms with van der Waals surface area (Å²) in [6.45, 7) is 11.6. The Kier molecular flexibility index (Phi) is 10.5. The van der Waals surface area contributed by atoms with Crippen LogP contribution in [-0.4, -0.2) is 41.4 Å². The lowest BCUT2D eigenvalue weighted by molar-refractivity contribution is -0.129. The van der Waals surface area contributed by atoms with E-state index < -0.39 is 12.0 Å². The number of guanidine groups is 1. The number of nitrogens with one attached hydrogen (secondary N) is 2. The molecule has 1 amide bonds. The molecule has 0 spiro atoms. The van der Waals surface area contributed by atoms with E-state index in [4.69, 9.17) is 11.5 Å². The second-order valence-electron chi connectivity index (χ2n) is 9.46. The number of aliphatic imine (C=N–C) groups is 1. The lowest BCUT2D eigenvalue weighted by Crippen LogP contribution is -2.43. The number of phenolic OH excluding ortho intramolecular Hbond substituents is 1. The number of aryl methyl sites for hydroxylation is 2. The van der Waals surface area contributed by atoms with Crippen molar-refractivity contribution in [1.82, 2.24) is 10.6 Å². The van der Waals surface area contributed by atoms with Crippen LogP contribution in [0.3, 0.4) is 0 Å². The maximum Gasteiger partial charge on any atom is 0.223 e. The second-order valence-corrected chi connectivity index (χ2v) is 9.46. The van der Waals surface area contributed by atoms with Gasteiger partial charge in [0, 0.05) is 37.0 Å². The molecule has 8 nitrogen and oxygen atoms in total. The standard InChI is InChI=1S/C28H39N5O3/c1-17(2)32-22(14-21-9-7-6-8-10-21)16-31-27(36)20(5)13-26(35)25(33-28(29)30)15-24-18(3)11-23(34)12-19(24)4/h6-12,20,22,25,32,34H,1,13-16H2,2-5H3,(H,31,36)(H4,29,30,33)/t20-,22-,25-/m0/s1. The number of hydrogen-bond donors (Lipinski definition) is 5. The molecule has 0 saturated heterocycles. The van der Waals surface area contributed by atoms with Crippen molar-refractivity contribution in [3.63, 3.8) is 0 Å². The fourth-order valence-electron chi connectivity index (χ4n) is 4.25. The minimum absolute atomic E-state index is 0.000720. The maximum absolute atomic E-state index is 13.1. The van der Waals surface area contributed by atoms with E-state index in [0.717, 1.165) is 34.4 Å². The van der Waals surface area contributed by atoms with Crippen molar-refractivity contribution >= 4 is 17.6 Å². The number of aromatic hydroxyl groups is 1. The summed E-state index contributed by atoms with van der Waals surface area (Å²) in [7, 11) is 0. The highest BCUT2D eigenvalue weighted by Crippen LogP contribution is 2.23. The third-order valence-corrected chi connectivity index (χ3v) is 6.01. The molecule has 2 aromatic carbocycles. The Morgan fingerprint density at radius 2 is 1.69 bits per heavy atom. The summed E-state index contributed by atoms with van der Waals surface area (Å²) in [4.78, 5) is 30.1. The molecule has 7 N–H and O–H groups in total. The zero-order chi connectivity index (χ0) is 26.8. The Morgan fingerprint density at radius 3 is 2.25 bits per heavy atom. The summed E-state index contributed by atoms with van der Waals surface area (Å²) in [5, 5.41) is 16.1. The third-order valence-electron chi connectivity index (χ3n) is 6.01. The lowest BCUT2D eigenvalue weighted by Gasteiger charge is -2.22. The molecule has 2 rings (SSSR count). The van der Waals surface area contributed by atoms with Gasteiger partial charge < -0.3 is 27.2 Å². The number of carbonyl (C=O) groups is 2. The summed E-state index contributed by atoms with van der Waals surface area (Å²) < 4.78 is 0. The number of hydrogen-bond acceptors (Lipinski definition) is 5. The van der Waals surface area contributed by atoms with E-state index in [1.54, 1.807) is 19.1 Å². The van der Waals surface area contributed by atoms with Crippen molar-refractivity contribution in [1.29, 1.82) is 0 Å². The molecule has 0 aliphatic rings. The average molecular weight is 494 g/mol. The van der Waals surface area contributed by atoms with E-state index in [0.29, 0.717) is 6.54 Å². The molecule has 0 aliphatic carbocycles. The first-order chi connectivity index (χ1) is 17.0. The van der Waals surface area contributed by atoms with Gasteiger partial charge in [-0.05, 0) is 61.6 Å². The van der Waals surface area contributed by atoms with Crippen LogP contribution in [0.4, 0.5) is 0 Å². The first-order valence-electron chi connectivity index (χ1n) is 12.1. The van der Waals surface area contributed by atoms with Crippen molar-refractivity contribution in [3.8, 4) is 5.75 Å². The van der Waals surface area contributed by atoms with Crippen LogP contribution in [0.15, 0.2) is 59.7 Å². The number of allylic oxidation sites excluding steroid dienone is 1. The summed E-state index contributed by atoms with van der Waals surface area (Å²) in [6, 6.07) is 12.4. The summed E-state index contributed by atoms with van der Waals surface area (Å²) in [5.74, 6) is -1.02. The van der Waals surface area contributed by atoms with Crippen molar-refractivity contribution in [2.45, 2.75) is 59.0 Å². The highest BCUT2D eigenvalue weighted by atomic mass is 16.3. The normalized spacial score (nSPS) is 13.2. The van der Waals surface area contributed by atoms with Crippen LogP contribution in [0.25, 0.3) is 0 Å². The van der Waals surface area contributed by atoms with Crippen LogP contribution < -0.4 is 22.1 Å². The quantitative estimate of drug-likeness (QED) is 0.214. The number of ketones is 1. The van der Waals surface area contributed by atoms with E-state index in [1.165, 1.54) is 0 Å². The molecule has 36 heavy (non-hydrogen) atoms. The molecule has 0 radical (unpaired) electrons. The Morgan fingerprint density at radius 1 is 1.08 bits per heavy atom. The van der Waals surface area contributed by atoms with E-state index >= 15 is 0 Å². The summed E-state index contributed by atoms with van der Waals surface area (Å²) in [6.07, 6.45) is 1.00. The molecule has 0 aliphatic heterocycles. The molecule has 2 aromatic rings. The van der Waals surface area contributed by atoms with Crippen LogP contribution in [0, 0.1) is 19.8 Å². The summed E-state index contributed by atoms with van der Waals surface area (Å²) >= 11 is 0. The predicted molar refractivity (Wildman–Crippen MR) is 145 cm³/mol. The van der Waals surface area contributed by atoms with Crippen LogP contribution in [0.5, 0.6) is 5.75 Å². The van der Waals surface area contributed by atoms with Gasteiger partial charge in [-0.3, -0.25) is 9.59 Å². The molecule has 0 fully saturated rings. The van der Waals surface area contributed by atoms with Gasteiger partial charge in [-0.2, -0.15) is 0 Å². The SMILES string of the molecule is C=C(C)N[C@H](CNC(=O)[C@@H](C)CC(=O)[C@H](Cc1c(C)cc(O)cc1C)N=C(N)N)Cc1ccccc1. The number of phenols is 1. The monoisotopic (exact) mass is 493 g/mol. The maximum atomic E-state index is 13.1. The number of rotatable bonds is 13. The zero-order valence-corrected chi connectivity index (χ0v) is 21.7. The second kappa shape index (κ2) is 13.3. The van der Waals surface area contributed by atoms with E-state index in [1.807, 2.05) is 51.1 Å². The Balaban J connectivity index is 2.04. The molecule has 0 unspecified atom stereocenters. The van der Waals surface area contributed by atoms with E-state index in [-0.39, 0.29) is 42.3 Å². The highest BCUT2D eigenvalue weighted by molar-refractivity contribution is 5.91. The van der Waals surface area contributed by atoms with E-state index in [9.17, 15) is 14.7 Å². The van der Waals surface area contributed by atoms with Gasteiger partial charge in [0.2, 0.25) is 5.91 Å². The van der Waals surface area contributed by atoms with Crippen LogP contribution >= 0.6 is 0 Å². The fraction of sp³-hybridized carbons (Fsp3) is 0.393. The molecular formula is C28H39N5O3. The summed E-state index contributed by atoms with van der Waals surface area (Å²) in [5.41, 5.74) is 15.7. The smallest absolute Gasteiger partial charge is 0.223 e. The van der Waals surface area contributed by atoms with Gasteiger partial charge in [0.05, 0.1) is 0 Å². The van der Waals surface area contributed by atoms with Crippen LogP contribution in [0.2, 0.25) is 0 Å². The van der Waals surface area contributed by atoms with Gasteiger partial charge >= 0.3 is 0 Å². The Bertz CT molecular complexity index is 1070. The Labute approximate surface area is 213 Å². The zero-order valence-electron chi connectivity index (χ0n) is 21.7. The van der Waals surface area contributed by atoms with Gasteiger partial charge in [0.15, 0.2) is 11.7 Å². The fourth-order valence-corrected chi connectivity index (χ4v) is 4.25. The lowest BCUT2D eigenvalue weighted by atomic mass is 9.91. The number of amides is 1. The Hall–Kier alpha value is -3.81. The molecule has 0 heterocycles. The minimum Gasteiger partial charge on any atom is -0.508 e. The van der Waals surface area contributed by atoms with Gasteiger partial charge in [-0.25, -0.2) is 4.99 Å². The van der Waals surface area contributed by atoms with Crippen molar-refractivity contribution in [2.75, 3.05) is 6.54 Å². The average Bonchev–Trinajstić information content (AvgIpc) is 2.78. The number of benzene rings is 2. The van der Waals surface area contributed by atoms with Crippen molar-refractivity contribution in [3.05, 3.63) is 77.0 Å². The molecular weight excluding hydrogens is 454 g/mol. The molecule has 0 aromatic heterocycles. The molecule has 194 valence electrons. The molecule has 3 atom stereocenters. The van der Waals surface area contributed by atoms with Gasteiger partial charge in [-0.1, -0.05) is 43.8 Å². The van der Waals surface area contributed by atoms with Crippen LogP contribution in [0.1, 0.15) is 42.5 Å². The predicted octanol–water partition coefficient (Wildman–Crippen LogP) is 2.64. The largest absolute Gasteiger partial charge is 0.508 e. The minimum atomic E-state index is -0.817. The number of Topliss-reactive ketones (excluding diaryl/α,β-unsaturated/α-hetero) is 1. The van der Waals surface area contributed by atoms with E-state index in [2.05, 4.69) is 22.2 Å². The van der Waals surface area contributed by atoms with Gasteiger partial charge in [0.1, 0.15) is 11.8 Å².